The molecule has 0 unspecified atom stereocenters. The van der Waals surface area contributed by atoms with E-state index < -0.39 is 0 Å². The molecular weight excluding hydrogens is 316 g/mol. The molecule has 3 rings (SSSR count). The van der Waals surface area contributed by atoms with Gasteiger partial charge in [0.05, 0.1) is 0 Å². The monoisotopic (exact) mass is 322 g/mol. The zero-order valence-electron chi connectivity index (χ0n) is 8.95. The Labute approximate surface area is 114 Å². The summed E-state index contributed by atoms with van der Waals surface area (Å²) in [7, 11) is 0. The Kier molecular flexibility index (Phi) is 2.64. The van der Waals surface area contributed by atoms with Crippen molar-refractivity contribution in [3.63, 3.8) is 0 Å². The molecule has 0 fully saturated rings. The molecule has 18 heavy (non-hydrogen) atoms. The lowest BCUT2D eigenvalue weighted by Gasteiger charge is -1.95. The second-order valence-corrected chi connectivity index (χ2v) is 5.05. The van der Waals surface area contributed by atoms with Crippen molar-refractivity contribution in [3.05, 3.63) is 43.9 Å². The van der Waals surface area contributed by atoms with Crippen LogP contribution in [0.2, 0.25) is 0 Å². The summed E-state index contributed by atoms with van der Waals surface area (Å²) >= 11 is 8.27. The molecule has 0 aliphatic rings. The van der Waals surface area contributed by atoms with Gasteiger partial charge in [-0.3, -0.25) is 9.78 Å². The fourth-order valence-electron chi connectivity index (χ4n) is 1.68. The minimum Gasteiger partial charge on any atom is -0.332 e. The summed E-state index contributed by atoms with van der Waals surface area (Å²) in [6, 6.07) is 7.64. The molecule has 2 heterocycles. The molecule has 0 spiro atoms. The third kappa shape index (κ3) is 1.91. The maximum atomic E-state index is 11.7. The van der Waals surface area contributed by atoms with Gasteiger partial charge in [-0.15, -0.1) is 0 Å². The quantitative estimate of drug-likeness (QED) is 0.603. The van der Waals surface area contributed by atoms with Crippen LogP contribution in [0.5, 0.6) is 0 Å². The largest absolute Gasteiger partial charge is 0.332 e. The number of benzene rings is 1. The summed E-state index contributed by atoms with van der Waals surface area (Å²) in [5, 5.41) is 0. The molecule has 0 aliphatic carbocycles. The average molecular weight is 323 g/mol. The molecule has 5 nitrogen and oxygen atoms in total. The predicted molar refractivity (Wildman–Crippen MR) is 75.0 cm³/mol. The molecule has 0 aliphatic heterocycles. The molecule has 0 radical (unpaired) electrons. The predicted octanol–water partition coefficient (Wildman–Crippen LogP) is 2.74. The van der Waals surface area contributed by atoms with E-state index in [2.05, 4.69) is 35.9 Å². The van der Waals surface area contributed by atoms with Crippen molar-refractivity contribution in [1.29, 1.82) is 0 Å². The zero-order valence-corrected chi connectivity index (χ0v) is 11.4. The second-order valence-electron chi connectivity index (χ2n) is 3.72. The summed E-state index contributed by atoms with van der Waals surface area (Å²) in [5.74, 6) is 0.625. The lowest BCUT2D eigenvalue weighted by Crippen LogP contribution is -2.07. The highest BCUT2D eigenvalue weighted by Gasteiger charge is 2.08. The van der Waals surface area contributed by atoms with E-state index in [-0.39, 0.29) is 10.3 Å². The number of H-pyrrole nitrogens is 3. The van der Waals surface area contributed by atoms with Gasteiger partial charge in [-0.1, -0.05) is 28.1 Å². The van der Waals surface area contributed by atoms with E-state index in [1.807, 2.05) is 24.3 Å². The highest BCUT2D eigenvalue weighted by molar-refractivity contribution is 9.10. The summed E-state index contributed by atoms with van der Waals surface area (Å²) < 4.78 is 1.25. The minimum atomic E-state index is -0.274. The Morgan fingerprint density at radius 2 is 1.83 bits per heavy atom. The van der Waals surface area contributed by atoms with E-state index in [1.165, 1.54) is 0 Å². The van der Waals surface area contributed by atoms with Crippen LogP contribution in [0.1, 0.15) is 0 Å². The number of aromatic amines is 3. The van der Waals surface area contributed by atoms with Gasteiger partial charge in [0.2, 0.25) is 0 Å². The number of hydrogen-bond acceptors (Lipinski definition) is 3. The zero-order chi connectivity index (χ0) is 12.7. The minimum absolute atomic E-state index is 0.265. The van der Waals surface area contributed by atoms with Crippen LogP contribution in [0.15, 0.2) is 33.5 Å². The highest BCUT2D eigenvalue weighted by atomic mass is 79.9. The normalized spacial score (nSPS) is 10.9. The number of rotatable bonds is 1. The van der Waals surface area contributed by atoms with Crippen molar-refractivity contribution >= 4 is 39.3 Å². The van der Waals surface area contributed by atoms with Gasteiger partial charge in [0.15, 0.2) is 10.4 Å². The molecule has 3 aromatic rings. The topological polar surface area (TPSA) is 77.3 Å². The number of imidazole rings is 1. The molecular formula is C11H7BrN4OS. The second kappa shape index (κ2) is 4.18. The third-order valence-electron chi connectivity index (χ3n) is 2.51. The first-order valence-electron chi connectivity index (χ1n) is 5.12. The molecule has 0 amide bonds. The molecule has 0 saturated heterocycles. The van der Waals surface area contributed by atoms with E-state index in [4.69, 9.17) is 12.2 Å². The van der Waals surface area contributed by atoms with Crippen LogP contribution in [0.3, 0.4) is 0 Å². The molecule has 2 aromatic heterocycles. The maximum Gasteiger partial charge on any atom is 0.277 e. The summed E-state index contributed by atoms with van der Waals surface area (Å²) in [6.07, 6.45) is 0. The van der Waals surface area contributed by atoms with Gasteiger partial charge in [0.25, 0.3) is 5.56 Å². The van der Waals surface area contributed by atoms with Crippen LogP contribution >= 0.6 is 28.1 Å². The molecule has 0 saturated carbocycles. The van der Waals surface area contributed by atoms with E-state index >= 15 is 0 Å². The Bertz CT molecular complexity index is 831. The Hall–Kier alpha value is -1.73. The van der Waals surface area contributed by atoms with Crippen LogP contribution in [-0.4, -0.2) is 19.9 Å². The first kappa shape index (κ1) is 11.4. The smallest absolute Gasteiger partial charge is 0.277 e. The van der Waals surface area contributed by atoms with Gasteiger partial charge in [-0.05, 0) is 24.4 Å². The first-order chi connectivity index (χ1) is 8.63. The van der Waals surface area contributed by atoms with Crippen LogP contribution < -0.4 is 5.56 Å². The Balaban J connectivity index is 2.25. The SMILES string of the molecule is O=c1[nH]c(=S)[nH]c2nc(-c3ccc(Br)cc3)[nH]c12. The number of hydrogen-bond donors (Lipinski definition) is 3. The van der Waals surface area contributed by atoms with Gasteiger partial charge in [-0.2, -0.15) is 0 Å². The number of nitrogens with one attached hydrogen (secondary N) is 3. The molecule has 0 atom stereocenters. The van der Waals surface area contributed by atoms with Crippen molar-refractivity contribution in [1.82, 2.24) is 19.9 Å². The van der Waals surface area contributed by atoms with E-state index in [0.717, 1.165) is 10.0 Å². The molecule has 0 bridgehead atoms. The highest BCUT2D eigenvalue weighted by Crippen LogP contribution is 2.20. The van der Waals surface area contributed by atoms with Crippen molar-refractivity contribution in [2.75, 3.05) is 0 Å². The summed E-state index contributed by atoms with van der Waals surface area (Å²) in [6.45, 7) is 0. The third-order valence-corrected chi connectivity index (χ3v) is 3.24. The first-order valence-corrected chi connectivity index (χ1v) is 6.32. The van der Waals surface area contributed by atoms with Gasteiger partial charge >= 0.3 is 0 Å². The van der Waals surface area contributed by atoms with Crippen LogP contribution in [-0.2, 0) is 0 Å². The molecule has 3 N–H and O–H groups in total. The standard InChI is InChI=1S/C11H7BrN4OS/c12-6-3-1-5(2-4-6)8-13-7-9(14-8)15-11(18)16-10(7)17/h1-4H,(H3,13,14,15,16,17,18). The maximum absolute atomic E-state index is 11.7. The lowest BCUT2D eigenvalue weighted by atomic mass is 10.2. The van der Waals surface area contributed by atoms with Crippen LogP contribution in [0.25, 0.3) is 22.6 Å². The van der Waals surface area contributed by atoms with E-state index in [9.17, 15) is 4.79 Å². The van der Waals surface area contributed by atoms with E-state index in [0.29, 0.717) is 17.0 Å². The Morgan fingerprint density at radius 1 is 1.11 bits per heavy atom. The summed E-state index contributed by atoms with van der Waals surface area (Å²) in [5.41, 5.74) is 1.47. The lowest BCUT2D eigenvalue weighted by molar-refractivity contribution is 1.12. The molecule has 90 valence electrons. The van der Waals surface area contributed by atoms with Gasteiger partial charge in [0, 0.05) is 10.0 Å². The van der Waals surface area contributed by atoms with Crippen LogP contribution in [0, 0.1) is 4.77 Å². The van der Waals surface area contributed by atoms with E-state index in [1.54, 1.807) is 0 Å². The molecule has 1 aromatic carbocycles. The summed E-state index contributed by atoms with van der Waals surface area (Å²) in [4.78, 5) is 24.3. The number of aromatic nitrogens is 4. The average Bonchev–Trinajstić information content (AvgIpc) is 2.74. The van der Waals surface area contributed by atoms with Crippen molar-refractivity contribution in [3.8, 4) is 11.4 Å². The number of fused-ring (bicyclic) bond motifs is 1. The van der Waals surface area contributed by atoms with Gasteiger partial charge < -0.3 is 9.97 Å². The van der Waals surface area contributed by atoms with Gasteiger partial charge in [0.1, 0.15) is 11.3 Å². The van der Waals surface area contributed by atoms with Gasteiger partial charge in [-0.25, -0.2) is 4.98 Å². The van der Waals surface area contributed by atoms with Crippen LogP contribution in [0.4, 0.5) is 0 Å². The van der Waals surface area contributed by atoms with Crippen molar-refractivity contribution in [2.24, 2.45) is 0 Å². The number of halogens is 1. The molecule has 7 heteroatoms. The fraction of sp³-hybridized carbons (Fsp3) is 0. The fourth-order valence-corrected chi connectivity index (χ4v) is 2.13. The van der Waals surface area contributed by atoms with Crippen molar-refractivity contribution < 1.29 is 0 Å². The Morgan fingerprint density at radius 3 is 2.56 bits per heavy atom. The number of nitrogens with zero attached hydrogens (tertiary/aromatic N) is 1. The van der Waals surface area contributed by atoms with Crippen molar-refractivity contribution in [2.45, 2.75) is 0 Å².